The number of ether oxygens (including phenoxy) is 2. The number of primary amides is 1. The number of thiophene rings is 1. The van der Waals surface area contributed by atoms with Gasteiger partial charge in [0.1, 0.15) is 23.4 Å². The van der Waals surface area contributed by atoms with E-state index in [1.54, 1.807) is 17.7 Å². The number of hydrogen-bond donors (Lipinski definition) is 2. The summed E-state index contributed by atoms with van der Waals surface area (Å²) in [7, 11) is 3.56. The SMILES string of the molecule is CNC1CCC(Oc2ncnc3sc4c(c23)[C@@H](C[C@H](OC)C(N)=O)CC4)CC1.Cl. The highest BCUT2D eigenvalue weighted by Crippen LogP contribution is 2.47. The molecule has 4 rings (SSSR count). The highest BCUT2D eigenvalue weighted by Gasteiger charge is 2.33. The zero-order chi connectivity index (χ0) is 19.7. The lowest BCUT2D eigenvalue weighted by atomic mass is 9.93. The van der Waals surface area contributed by atoms with Gasteiger partial charge in [0, 0.05) is 18.0 Å². The Bertz CT molecular complexity index is 854. The summed E-state index contributed by atoms with van der Waals surface area (Å²) in [5.74, 6) is 0.495. The van der Waals surface area contributed by atoms with Gasteiger partial charge >= 0.3 is 0 Å². The van der Waals surface area contributed by atoms with Crippen molar-refractivity contribution in [1.82, 2.24) is 15.3 Å². The number of halogens is 1. The first-order valence-electron chi connectivity index (χ1n) is 10.0. The van der Waals surface area contributed by atoms with Crippen LogP contribution in [0.3, 0.4) is 0 Å². The van der Waals surface area contributed by atoms with Crippen LogP contribution in [-0.4, -0.2) is 48.3 Å². The molecule has 0 radical (unpaired) electrons. The van der Waals surface area contributed by atoms with Crippen molar-refractivity contribution >= 4 is 39.9 Å². The van der Waals surface area contributed by atoms with Crippen molar-refractivity contribution in [3.05, 3.63) is 16.8 Å². The maximum Gasteiger partial charge on any atom is 0.246 e. The topological polar surface area (TPSA) is 99.4 Å². The zero-order valence-electron chi connectivity index (χ0n) is 16.8. The summed E-state index contributed by atoms with van der Waals surface area (Å²) in [6.45, 7) is 0. The minimum Gasteiger partial charge on any atom is -0.474 e. The number of methoxy groups -OCH3 is 1. The second-order valence-corrected chi connectivity index (χ2v) is 8.86. The van der Waals surface area contributed by atoms with E-state index in [0.29, 0.717) is 18.3 Å². The first-order chi connectivity index (χ1) is 13.6. The quantitative estimate of drug-likeness (QED) is 0.686. The molecule has 1 saturated carbocycles. The average molecular weight is 441 g/mol. The molecule has 2 aromatic rings. The molecule has 1 amide bonds. The maximum absolute atomic E-state index is 11.7. The summed E-state index contributed by atoms with van der Waals surface area (Å²) in [6, 6.07) is 0.583. The number of carbonyl (C=O) groups excluding carboxylic acids is 1. The average Bonchev–Trinajstić information content (AvgIpc) is 3.26. The van der Waals surface area contributed by atoms with Crippen LogP contribution in [0.25, 0.3) is 10.2 Å². The van der Waals surface area contributed by atoms with E-state index < -0.39 is 12.0 Å². The fraction of sp³-hybridized carbons (Fsp3) is 0.650. The van der Waals surface area contributed by atoms with E-state index in [0.717, 1.165) is 48.7 Å². The fourth-order valence-corrected chi connectivity index (χ4v) is 5.81. The van der Waals surface area contributed by atoms with Gasteiger partial charge in [-0.25, -0.2) is 9.97 Å². The van der Waals surface area contributed by atoms with E-state index in [-0.39, 0.29) is 24.4 Å². The van der Waals surface area contributed by atoms with Crippen molar-refractivity contribution in [2.45, 2.75) is 69.1 Å². The van der Waals surface area contributed by atoms with Gasteiger partial charge < -0.3 is 20.5 Å². The Morgan fingerprint density at radius 2 is 2.07 bits per heavy atom. The van der Waals surface area contributed by atoms with Gasteiger partial charge in [-0.05, 0) is 63.5 Å². The third-order valence-electron chi connectivity index (χ3n) is 6.16. The van der Waals surface area contributed by atoms with Gasteiger partial charge in [0.05, 0.1) is 5.39 Å². The Morgan fingerprint density at radius 1 is 1.31 bits per heavy atom. The van der Waals surface area contributed by atoms with Crippen LogP contribution in [0.15, 0.2) is 6.33 Å². The van der Waals surface area contributed by atoms with E-state index in [4.69, 9.17) is 15.2 Å². The number of carbonyl (C=O) groups is 1. The summed E-state index contributed by atoms with van der Waals surface area (Å²) in [5.41, 5.74) is 6.73. The number of aromatic nitrogens is 2. The first kappa shape index (κ1) is 22.2. The van der Waals surface area contributed by atoms with Crippen LogP contribution in [0.2, 0.25) is 0 Å². The van der Waals surface area contributed by atoms with E-state index in [9.17, 15) is 4.79 Å². The summed E-state index contributed by atoms with van der Waals surface area (Å²) in [4.78, 5) is 22.9. The molecular weight excluding hydrogens is 412 g/mol. The molecule has 9 heteroatoms. The van der Waals surface area contributed by atoms with Crippen LogP contribution in [0.4, 0.5) is 0 Å². The zero-order valence-corrected chi connectivity index (χ0v) is 18.5. The standard InChI is InChI=1S/C20H28N4O3S.ClH/c1-22-12-4-6-13(7-5-12)27-19-17-16-11(9-14(26-2)18(21)25)3-8-15(16)28-20(17)24-10-23-19;/h10-14,22H,3-9H2,1-2H3,(H2,21,25);1H/t11-,12?,13?,14+;/m1./s1. The number of nitrogens with zero attached hydrogens (tertiary/aromatic N) is 2. The Labute approximate surface area is 181 Å². The Balaban J connectivity index is 0.00000240. The molecule has 29 heavy (non-hydrogen) atoms. The molecule has 160 valence electrons. The third-order valence-corrected chi connectivity index (χ3v) is 7.33. The number of nitrogens with two attached hydrogens (primary N) is 1. The molecule has 2 aliphatic rings. The fourth-order valence-electron chi connectivity index (χ4n) is 4.58. The van der Waals surface area contributed by atoms with E-state index >= 15 is 0 Å². The van der Waals surface area contributed by atoms with Crippen molar-refractivity contribution in [3.63, 3.8) is 0 Å². The minimum atomic E-state index is -0.572. The number of hydrogen-bond acceptors (Lipinski definition) is 7. The molecule has 1 fully saturated rings. The van der Waals surface area contributed by atoms with Gasteiger partial charge in [-0.15, -0.1) is 23.7 Å². The van der Waals surface area contributed by atoms with Gasteiger partial charge in [0.2, 0.25) is 11.8 Å². The summed E-state index contributed by atoms with van der Waals surface area (Å²) in [5, 5.41) is 4.39. The summed E-state index contributed by atoms with van der Waals surface area (Å²) in [6.07, 6.45) is 8.08. The molecule has 2 heterocycles. The van der Waals surface area contributed by atoms with Crippen molar-refractivity contribution in [2.24, 2.45) is 5.73 Å². The van der Waals surface area contributed by atoms with Crippen LogP contribution in [0.1, 0.15) is 54.9 Å². The lowest BCUT2D eigenvalue weighted by Gasteiger charge is -2.28. The Kier molecular flexibility index (Phi) is 7.32. The number of rotatable bonds is 7. The molecule has 0 unspecified atom stereocenters. The number of fused-ring (bicyclic) bond motifs is 3. The molecule has 0 spiro atoms. The van der Waals surface area contributed by atoms with Gasteiger partial charge in [0.25, 0.3) is 0 Å². The predicted octanol–water partition coefficient (Wildman–Crippen LogP) is 2.94. The van der Waals surface area contributed by atoms with Crippen LogP contribution in [0.5, 0.6) is 5.88 Å². The Hall–Kier alpha value is -1.48. The lowest BCUT2D eigenvalue weighted by molar-refractivity contribution is -0.128. The second-order valence-electron chi connectivity index (χ2n) is 7.78. The van der Waals surface area contributed by atoms with Crippen LogP contribution in [0, 0.1) is 0 Å². The molecule has 0 aromatic carbocycles. The first-order valence-corrected chi connectivity index (χ1v) is 10.8. The predicted molar refractivity (Wildman–Crippen MR) is 116 cm³/mol. The molecule has 2 aliphatic carbocycles. The Morgan fingerprint density at radius 3 is 2.72 bits per heavy atom. The van der Waals surface area contributed by atoms with E-state index in [2.05, 4.69) is 15.3 Å². The highest BCUT2D eigenvalue weighted by atomic mass is 35.5. The second kappa shape index (κ2) is 9.55. The number of aryl methyl sites for hydroxylation is 1. The van der Waals surface area contributed by atoms with Gasteiger partial charge in [0.15, 0.2) is 0 Å². The molecular formula is C20H29ClN4O3S. The van der Waals surface area contributed by atoms with Crippen molar-refractivity contribution in [3.8, 4) is 5.88 Å². The highest BCUT2D eigenvalue weighted by molar-refractivity contribution is 7.19. The van der Waals surface area contributed by atoms with Crippen LogP contribution in [-0.2, 0) is 16.0 Å². The maximum atomic E-state index is 11.7. The molecule has 0 saturated heterocycles. The van der Waals surface area contributed by atoms with Crippen molar-refractivity contribution in [1.29, 1.82) is 0 Å². The number of nitrogens with one attached hydrogen (secondary N) is 1. The van der Waals surface area contributed by atoms with Crippen LogP contribution < -0.4 is 15.8 Å². The molecule has 2 atom stereocenters. The molecule has 7 nitrogen and oxygen atoms in total. The molecule has 0 aliphatic heterocycles. The van der Waals surface area contributed by atoms with Gasteiger partial charge in [-0.1, -0.05) is 0 Å². The minimum absolute atomic E-state index is 0. The number of amides is 1. The summed E-state index contributed by atoms with van der Waals surface area (Å²) >= 11 is 1.72. The van der Waals surface area contributed by atoms with Gasteiger partial charge in [-0.3, -0.25) is 4.79 Å². The normalized spacial score (nSPS) is 24.7. The largest absolute Gasteiger partial charge is 0.474 e. The van der Waals surface area contributed by atoms with Crippen molar-refractivity contribution < 1.29 is 14.3 Å². The van der Waals surface area contributed by atoms with Crippen molar-refractivity contribution in [2.75, 3.05) is 14.2 Å². The molecule has 3 N–H and O–H groups in total. The lowest BCUT2D eigenvalue weighted by Crippen LogP contribution is -2.34. The van der Waals surface area contributed by atoms with Crippen LogP contribution >= 0.6 is 23.7 Å². The summed E-state index contributed by atoms with van der Waals surface area (Å²) < 4.78 is 11.7. The smallest absolute Gasteiger partial charge is 0.246 e. The van der Waals surface area contributed by atoms with Gasteiger partial charge in [-0.2, -0.15) is 0 Å². The monoisotopic (exact) mass is 440 g/mol. The molecule has 2 aromatic heterocycles. The third kappa shape index (κ3) is 4.50. The molecule has 0 bridgehead atoms. The van der Waals surface area contributed by atoms with E-state index in [1.807, 2.05) is 7.05 Å². The van der Waals surface area contributed by atoms with E-state index in [1.165, 1.54) is 17.6 Å².